The van der Waals surface area contributed by atoms with Gasteiger partial charge in [0.1, 0.15) is 90.3 Å². The fraction of sp³-hybridized carbons (Fsp3) is 0.522. The molecule has 44 heteroatoms. The number of nitrogens with zero attached hydrogens (tertiary/aromatic N) is 5. The molecule has 3 aliphatic heterocycles. The van der Waals surface area contributed by atoms with E-state index in [4.69, 9.17) is 22.6 Å². The van der Waals surface area contributed by atoms with Crippen LogP contribution in [0.25, 0.3) is 21.0 Å². The maximum absolute atomic E-state index is 15.4. The number of aromatic hydroxyl groups is 1. The van der Waals surface area contributed by atoms with E-state index < -0.39 is 222 Å². The van der Waals surface area contributed by atoms with Crippen LogP contribution in [0.4, 0.5) is 0 Å². The van der Waals surface area contributed by atoms with Crippen LogP contribution in [-0.2, 0) is 107 Å². The molecule has 0 spiro atoms. The molecular weight excluding hydrogens is 1770 g/mol. The number of para-hydroxylation sites is 1. The molecule has 0 bridgehead atoms. The molecule has 0 radical (unpaired) electrons. The monoisotopic (exact) mass is 1900 g/mol. The van der Waals surface area contributed by atoms with Crippen molar-refractivity contribution in [2.45, 2.75) is 235 Å². The number of rotatable bonds is 26. The van der Waals surface area contributed by atoms with Gasteiger partial charge >= 0.3 is 0 Å². The number of likely N-dealkylation sites (N-methyl/N-ethyl adjacent to an activating group) is 2. The van der Waals surface area contributed by atoms with Crippen LogP contribution < -0.4 is 81.0 Å². The van der Waals surface area contributed by atoms with Crippen LogP contribution in [0.3, 0.4) is 0 Å². The number of aromatic amines is 2. The van der Waals surface area contributed by atoms with Gasteiger partial charge in [-0.1, -0.05) is 102 Å². The van der Waals surface area contributed by atoms with Crippen molar-refractivity contribution in [3.63, 3.8) is 0 Å². The number of primary amides is 2. The van der Waals surface area contributed by atoms with Crippen molar-refractivity contribution in [2.24, 2.45) is 23.1 Å². The molecule has 134 heavy (non-hydrogen) atoms. The first-order valence-electron chi connectivity index (χ1n) is 45.0. The lowest BCUT2D eigenvalue weighted by Crippen LogP contribution is -2.61. The summed E-state index contributed by atoms with van der Waals surface area (Å²) in [6.07, 6.45) is 4.59. The third-order valence-corrected chi connectivity index (χ3v) is 25.8. The standard InChI is InChI=1S/C90H125N23O19S2/c1-8-10-21-60-86(129)111(7)69(24-11-9-2)83(126)101-59(23-16-32-96-90(93)94)78(121)109-68(77(120)98-43-74(92)117)46-133-47-75(118)100-65(36-51-28-30-55(115)31-29-51)87(130)110(6)50(5)76(119)106-66(40-73(91)116)89(132)113-34-18-26-71(113)85(128)105-63(39-54-42-95-48-99-54)81(124)107-64(35-49(3)4)88(131)112-33-17-25-70(112)84(127)104-61(37-52-41-97-58-22-14-12-19-56(52)58)80(123)108-67(44-114)82(125)103-62(79(122)102-60)38-53-45-134-72-27-15-13-20-57(53)72/h12-15,19-20,22,27-31,41-42,45,48-50,59-71,97,114-115H,8-11,16-18,21,23-26,32-40,43-44,46-47H2,1-7H3,(H2,91,116)(H2,92,117)(H,95,99)(H,98,120)(H,100,118)(H,101,126)(H,102,122)(H,103,125)(H,104,127)(H,105,128)(H,106,119)(H,107,124)(H,108,123)(H,109,121)(H4,93,94,96)/t50-,59-,60+,61-,62-,63-,64-,65-,66-,67-,68?,69-,70-,71-/m0/s1. The van der Waals surface area contributed by atoms with Crippen LogP contribution in [0.15, 0.2) is 96.9 Å². The van der Waals surface area contributed by atoms with Crippen LogP contribution in [0.1, 0.15) is 147 Å². The highest BCUT2D eigenvalue weighted by Gasteiger charge is 2.45. The number of carbonyl (C=O) groups excluding carboxylic acids is 17. The van der Waals surface area contributed by atoms with Gasteiger partial charge in [0, 0.05) is 98.9 Å². The van der Waals surface area contributed by atoms with Gasteiger partial charge in [-0.15, -0.1) is 23.1 Å². The Labute approximate surface area is 783 Å². The Bertz CT molecular complexity index is 5170. The summed E-state index contributed by atoms with van der Waals surface area (Å²) in [7, 11) is 2.56. The second-order valence-electron chi connectivity index (χ2n) is 34.3. The number of nitrogens with two attached hydrogens (primary N) is 3. The molecule has 3 aromatic carbocycles. The minimum absolute atomic E-state index is 0.00339. The molecule has 3 aromatic heterocycles. The predicted octanol–water partition coefficient (Wildman–Crippen LogP) is -1.51. The topological polar surface area (TPSA) is 634 Å². The number of hydrogen-bond donors (Lipinski definition) is 20. The first-order valence-corrected chi connectivity index (χ1v) is 47.0. The van der Waals surface area contributed by atoms with Crippen LogP contribution in [0.2, 0.25) is 0 Å². The summed E-state index contributed by atoms with van der Waals surface area (Å²) in [5, 5.41) is 64.5. The fourth-order valence-electron chi connectivity index (χ4n) is 16.4. The molecule has 1 unspecified atom stereocenters. The maximum Gasteiger partial charge on any atom is 0.246 e. The Morgan fingerprint density at radius 2 is 1.10 bits per heavy atom. The zero-order valence-corrected chi connectivity index (χ0v) is 77.8. The van der Waals surface area contributed by atoms with Gasteiger partial charge in [-0.05, 0) is 122 Å². The molecule has 726 valence electrons. The molecule has 42 nitrogen and oxygen atoms in total. The molecule has 6 aromatic rings. The van der Waals surface area contributed by atoms with Gasteiger partial charge in [0.15, 0.2) is 5.96 Å². The van der Waals surface area contributed by atoms with E-state index >= 15 is 38.4 Å². The highest BCUT2D eigenvalue weighted by molar-refractivity contribution is 8.00. The molecule has 3 fully saturated rings. The van der Waals surface area contributed by atoms with Gasteiger partial charge in [-0.3, -0.25) is 86.9 Å². The number of amides is 17. The lowest BCUT2D eigenvalue weighted by molar-refractivity contribution is -0.145. The Kier molecular flexibility index (Phi) is 39.4. The third kappa shape index (κ3) is 29.6. The number of fused-ring (bicyclic) bond motifs is 4. The van der Waals surface area contributed by atoms with Crippen molar-refractivity contribution in [2.75, 3.05) is 58.4 Å². The molecule has 3 saturated heterocycles. The van der Waals surface area contributed by atoms with E-state index in [-0.39, 0.29) is 115 Å². The SMILES string of the molecule is CCCC[C@H]1NC(=O)[C@H](Cc2csc3ccccc23)NC(=O)[C@H](CO)NC(=O)[C@H](Cc2c[nH]c3ccccc23)NC(=O)[C@@H]2CCCN2C(=O)[C@H](CC(C)C)NC(=O)[C@H](Cc2cnc[nH]2)NC(=O)[C@@H]2CCCN2C(=O)[C@H](CC(N)=O)NC(=O)[C@H](C)N(C)C(=O)[C@H](Cc2ccc(O)cc2)NC(=O)CSCC(C(=O)NCC(N)=O)NC(=O)[C@H](CCCNC(=N)N)NC(=O)[C@H](CCCC)N(C)C1=O. The molecule has 6 heterocycles. The highest BCUT2D eigenvalue weighted by Crippen LogP contribution is 2.29. The smallest absolute Gasteiger partial charge is 0.246 e. The summed E-state index contributed by atoms with van der Waals surface area (Å²) in [5.41, 5.74) is 19.3. The molecule has 23 N–H and O–H groups in total. The summed E-state index contributed by atoms with van der Waals surface area (Å²) in [6.45, 7) is 6.65. The van der Waals surface area contributed by atoms with Crippen molar-refractivity contribution >= 4 is 150 Å². The second-order valence-corrected chi connectivity index (χ2v) is 36.2. The molecule has 9 rings (SSSR count). The largest absolute Gasteiger partial charge is 0.508 e. The van der Waals surface area contributed by atoms with Gasteiger partial charge < -0.3 is 121 Å². The van der Waals surface area contributed by atoms with E-state index in [1.807, 2.05) is 32.0 Å². The fourth-order valence-corrected chi connectivity index (χ4v) is 18.2. The normalized spacial score (nSPS) is 24.2. The average Bonchev–Trinajstić information content (AvgIpc) is 1.62. The number of guanidine groups is 1. The molecule has 17 amide bonds. The van der Waals surface area contributed by atoms with E-state index in [2.05, 4.69) is 78.8 Å². The number of aliphatic hydroxyl groups is 1. The Morgan fingerprint density at radius 3 is 1.71 bits per heavy atom. The van der Waals surface area contributed by atoms with E-state index in [9.17, 15) is 53.4 Å². The number of H-pyrrole nitrogens is 2. The number of aliphatic hydroxyl groups excluding tert-OH is 1. The lowest BCUT2D eigenvalue weighted by atomic mass is 10.0. The van der Waals surface area contributed by atoms with Crippen molar-refractivity contribution in [1.82, 2.24) is 98.4 Å². The quantitative estimate of drug-likeness (QED) is 0.0167. The summed E-state index contributed by atoms with van der Waals surface area (Å²) in [6, 6.07) is -1.21. The number of thiophene rings is 1. The highest BCUT2D eigenvalue weighted by atomic mass is 32.2. The predicted molar refractivity (Wildman–Crippen MR) is 497 cm³/mol. The van der Waals surface area contributed by atoms with Crippen LogP contribution in [0, 0.1) is 11.3 Å². The summed E-state index contributed by atoms with van der Waals surface area (Å²) >= 11 is 2.12. The van der Waals surface area contributed by atoms with E-state index in [0.29, 0.717) is 59.0 Å². The number of nitrogens with one attached hydrogen (secondary N) is 15. The van der Waals surface area contributed by atoms with E-state index in [0.717, 1.165) is 36.5 Å². The number of phenols is 1. The third-order valence-electron chi connectivity index (χ3n) is 23.7. The molecule has 3 aliphatic rings. The zero-order chi connectivity index (χ0) is 97.6. The van der Waals surface area contributed by atoms with Gasteiger partial charge in [-0.2, -0.15) is 0 Å². The van der Waals surface area contributed by atoms with Gasteiger partial charge in [0.2, 0.25) is 100 Å². The zero-order valence-electron chi connectivity index (χ0n) is 76.2. The molecular formula is C90H125N23O19S2. The Morgan fingerprint density at radius 1 is 0.552 bits per heavy atom. The summed E-state index contributed by atoms with van der Waals surface area (Å²) in [4.78, 5) is 264. The van der Waals surface area contributed by atoms with Crippen LogP contribution >= 0.6 is 23.1 Å². The number of benzene rings is 3. The molecule has 0 saturated carbocycles. The van der Waals surface area contributed by atoms with E-state index in [1.54, 1.807) is 55.8 Å². The summed E-state index contributed by atoms with van der Waals surface area (Å²) < 4.78 is 0.821. The van der Waals surface area contributed by atoms with Crippen LogP contribution in [-0.4, -0.2) is 294 Å². The number of carbonyl (C=O) groups is 17. The minimum atomic E-state index is -1.84. The maximum atomic E-state index is 15.4. The number of thioether (sulfide) groups is 1. The first kappa shape index (κ1) is 104. The van der Waals surface area contributed by atoms with Crippen molar-refractivity contribution < 1.29 is 91.7 Å². The first-order chi connectivity index (χ1) is 64.0. The van der Waals surface area contributed by atoms with E-state index in [1.165, 1.54) is 74.0 Å². The number of unbranched alkanes of at least 4 members (excludes halogenated alkanes) is 2. The van der Waals surface area contributed by atoms with Crippen LogP contribution in [0.5, 0.6) is 5.75 Å². The Hall–Kier alpha value is -13.3. The van der Waals surface area contributed by atoms with Gasteiger partial charge in [-0.25, -0.2) is 4.98 Å². The second kappa shape index (κ2) is 50.6. The molecule has 14 atom stereocenters. The van der Waals surface area contributed by atoms with Gasteiger partial charge in [0.05, 0.1) is 31.7 Å². The number of aromatic nitrogens is 3. The molecule has 0 aliphatic carbocycles. The summed E-state index contributed by atoms with van der Waals surface area (Å²) in [5.74, 6) is -17.4. The minimum Gasteiger partial charge on any atom is -0.508 e. The number of imidazole rings is 1. The van der Waals surface area contributed by atoms with Crippen molar-refractivity contribution in [3.05, 3.63) is 119 Å². The van der Waals surface area contributed by atoms with Gasteiger partial charge in [0.25, 0.3) is 0 Å². The van der Waals surface area contributed by atoms with Crippen molar-refractivity contribution in [3.8, 4) is 5.75 Å². The van der Waals surface area contributed by atoms with Crippen molar-refractivity contribution in [1.29, 1.82) is 5.41 Å². The lowest BCUT2D eigenvalue weighted by Gasteiger charge is -2.33. The average molecular weight is 1900 g/mol. The number of phenolic OH excluding ortho intramolecular Hbond substituents is 1. The Balaban J connectivity index is 1.09. The number of hydrogen-bond acceptors (Lipinski definition) is 23.